The van der Waals surface area contributed by atoms with Crippen LogP contribution < -0.4 is 16.2 Å². The molecule has 7 heteroatoms. The quantitative estimate of drug-likeness (QED) is 0.187. The Morgan fingerprint density at radius 2 is 0.674 bits per heavy atom. The van der Waals surface area contributed by atoms with Crippen LogP contribution in [0.5, 0.6) is 0 Å². The second-order valence-electron chi connectivity index (χ2n) is 11.3. The van der Waals surface area contributed by atoms with Crippen LogP contribution in [0.25, 0.3) is 55.5 Å². The molecule has 0 unspecified atom stereocenters. The summed E-state index contributed by atoms with van der Waals surface area (Å²) in [6, 6.07) is 52.1. The van der Waals surface area contributed by atoms with Crippen molar-refractivity contribution in [2.24, 2.45) is 0 Å². The van der Waals surface area contributed by atoms with Gasteiger partial charge in [-0.25, -0.2) is 0 Å². The molecule has 0 amide bonds. The molecule has 0 aliphatic rings. The lowest BCUT2D eigenvalue weighted by Crippen LogP contribution is -2.31. The third-order valence-electron chi connectivity index (χ3n) is 8.68. The van der Waals surface area contributed by atoms with Gasteiger partial charge in [0, 0.05) is 32.2 Å². The highest BCUT2D eigenvalue weighted by Crippen LogP contribution is 2.42. The number of hydrogen-bond donors (Lipinski definition) is 0. The van der Waals surface area contributed by atoms with Gasteiger partial charge in [0.15, 0.2) is 0 Å². The van der Waals surface area contributed by atoms with Crippen LogP contribution >= 0.6 is 7.14 Å². The van der Waals surface area contributed by atoms with Crippen LogP contribution in [-0.2, 0) is 4.57 Å². The van der Waals surface area contributed by atoms with Crippen molar-refractivity contribution in [1.29, 1.82) is 0 Å². The summed E-state index contributed by atoms with van der Waals surface area (Å²) < 4.78 is 19.9. The maximum atomic E-state index is 15.7. The Bertz CT molecular complexity index is 2340. The number of para-hydroxylation sites is 4. The van der Waals surface area contributed by atoms with Crippen molar-refractivity contribution in [3.05, 3.63) is 158 Å². The minimum atomic E-state index is -3.56. The van der Waals surface area contributed by atoms with E-state index in [-0.39, 0.29) is 5.57 Å². The number of fused-ring (bicyclic) bond motifs is 6. The van der Waals surface area contributed by atoms with Gasteiger partial charge in [-0.15, -0.1) is 0 Å². The summed E-state index contributed by atoms with van der Waals surface area (Å²) in [5, 5.41) is 5.68. The fourth-order valence-corrected chi connectivity index (χ4v) is 9.02. The lowest BCUT2D eigenvalue weighted by atomic mass is 10.2. The van der Waals surface area contributed by atoms with E-state index in [1.54, 1.807) is 0 Å². The maximum Gasteiger partial charge on any atom is 0.240 e. The van der Waals surface area contributed by atoms with E-state index in [9.17, 15) is 0 Å². The van der Waals surface area contributed by atoms with Gasteiger partial charge in [-0.05, 0) is 24.3 Å². The second kappa shape index (κ2) is 10.4. The third-order valence-corrected chi connectivity index (χ3v) is 11.5. The van der Waals surface area contributed by atoms with Crippen molar-refractivity contribution in [2.75, 3.05) is 0 Å². The van der Waals surface area contributed by atoms with Crippen LogP contribution in [0.1, 0.15) is 0 Å². The number of hydrogen-bond acceptors (Lipinski definition) is 4. The highest BCUT2D eigenvalue weighted by atomic mass is 31.2. The number of rotatable bonds is 5. The van der Waals surface area contributed by atoms with Gasteiger partial charge < -0.3 is 4.57 Å². The van der Waals surface area contributed by atoms with E-state index in [2.05, 4.69) is 57.7 Å². The topological polar surface area (TPSA) is 65.6 Å². The summed E-state index contributed by atoms with van der Waals surface area (Å²) in [6.07, 6.45) is 0. The van der Waals surface area contributed by atoms with Gasteiger partial charge in [0.25, 0.3) is 0 Å². The van der Waals surface area contributed by atoms with E-state index in [4.69, 9.17) is 15.0 Å². The smallest absolute Gasteiger partial charge is 0.240 e. The molecular weight excluding hydrogens is 585 g/mol. The minimum absolute atomic E-state index is 0.230. The van der Waals surface area contributed by atoms with Crippen LogP contribution in [0, 0.1) is 0 Å². The average Bonchev–Trinajstić information content (AvgIpc) is 3.65. The average molecular weight is 612 g/mol. The molecule has 0 fully saturated rings. The van der Waals surface area contributed by atoms with Crippen molar-refractivity contribution in [2.45, 2.75) is 0 Å². The maximum absolute atomic E-state index is 15.7. The molecule has 0 saturated heterocycles. The fourth-order valence-electron chi connectivity index (χ4n) is 6.62. The summed E-state index contributed by atoms with van der Waals surface area (Å²) >= 11 is 0. The third kappa shape index (κ3) is 3.91. The van der Waals surface area contributed by atoms with Gasteiger partial charge in [-0.2, -0.15) is 15.0 Å². The zero-order valence-corrected chi connectivity index (χ0v) is 25.5. The van der Waals surface area contributed by atoms with E-state index >= 15 is 4.57 Å². The van der Waals surface area contributed by atoms with Crippen LogP contribution in [-0.4, -0.2) is 24.1 Å². The van der Waals surface area contributed by atoms with Gasteiger partial charge in [-0.1, -0.05) is 133 Å². The van der Waals surface area contributed by atoms with Crippen molar-refractivity contribution >= 4 is 66.9 Å². The molecule has 0 saturated carbocycles. The Balaban J connectivity index is 1.45. The summed E-state index contributed by atoms with van der Waals surface area (Å²) in [5.41, 5.74) is 4.08. The molecule has 0 atom stereocenters. The Kier molecular flexibility index (Phi) is 5.99. The van der Waals surface area contributed by atoms with Gasteiger partial charge in [0.2, 0.25) is 24.6 Å². The van der Waals surface area contributed by atoms with Gasteiger partial charge >= 0.3 is 0 Å². The Morgan fingerprint density at radius 3 is 1.02 bits per heavy atom. The molecule has 9 aromatic rings. The van der Waals surface area contributed by atoms with Crippen molar-refractivity contribution in [3.8, 4) is 11.9 Å². The molecule has 6 nitrogen and oxygen atoms in total. The van der Waals surface area contributed by atoms with Crippen LogP contribution in [0.15, 0.2) is 158 Å². The van der Waals surface area contributed by atoms with Gasteiger partial charge in [0.1, 0.15) is 0 Å². The lowest BCUT2D eigenvalue weighted by molar-refractivity contribution is 0.591. The highest BCUT2D eigenvalue weighted by molar-refractivity contribution is 7.84. The van der Waals surface area contributed by atoms with Crippen LogP contribution in [0.3, 0.4) is 0 Å². The fraction of sp³-hybridized carbons (Fsp3) is 0. The predicted molar refractivity (Wildman–Crippen MR) is 188 cm³/mol. The highest BCUT2D eigenvalue weighted by Gasteiger charge is 2.35. The lowest BCUT2D eigenvalue weighted by Gasteiger charge is -2.20. The Labute approximate surface area is 264 Å². The number of aromatic nitrogens is 5. The van der Waals surface area contributed by atoms with Crippen molar-refractivity contribution in [1.82, 2.24) is 24.1 Å². The van der Waals surface area contributed by atoms with Crippen molar-refractivity contribution in [3.63, 3.8) is 0 Å². The molecule has 0 bridgehead atoms. The van der Waals surface area contributed by atoms with E-state index in [0.717, 1.165) is 43.6 Å². The molecule has 0 aliphatic heterocycles. The summed E-state index contributed by atoms with van der Waals surface area (Å²) in [5.74, 6) is 0.817. The first-order valence-corrected chi connectivity index (χ1v) is 16.9. The van der Waals surface area contributed by atoms with E-state index in [1.165, 1.54) is 0 Å². The molecule has 0 spiro atoms. The van der Waals surface area contributed by atoms with E-state index in [1.807, 2.05) is 109 Å². The molecule has 218 valence electrons. The van der Waals surface area contributed by atoms with E-state index in [0.29, 0.717) is 22.5 Å². The number of benzene rings is 6. The molecule has 6 aromatic carbocycles. The SMILES string of the molecule is O=P(c1ccccc1)(c1ccccc1)c1nc(-n2c3ccccc3c3ccccc32)nc(-n2c3ccccc3c3ccccc32)n1. The zero-order chi connectivity index (χ0) is 30.7. The predicted octanol–water partition coefficient (Wildman–Crippen LogP) is 7.71. The first-order chi connectivity index (χ1) is 22.7. The summed E-state index contributed by atoms with van der Waals surface area (Å²) in [4.78, 5) is 15.5. The molecule has 46 heavy (non-hydrogen) atoms. The van der Waals surface area contributed by atoms with Crippen LogP contribution in [0.2, 0.25) is 0 Å². The summed E-state index contributed by atoms with van der Waals surface area (Å²) in [7, 11) is -3.56. The standard InChI is InChI=1S/C39H26N5OP/c45-46(27-15-3-1-4-16-27,28-17-5-2-6-18-28)39-41-37(43-33-23-11-7-19-29(33)30-20-8-12-24-34(30)43)40-38(42-39)44-35-25-13-9-21-31(35)32-22-10-14-26-36(32)44/h1-26H. The molecule has 9 rings (SSSR count). The normalized spacial score (nSPS) is 12.0. The molecule has 0 radical (unpaired) electrons. The van der Waals surface area contributed by atoms with Gasteiger partial charge in [-0.3, -0.25) is 9.13 Å². The van der Waals surface area contributed by atoms with Crippen molar-refractivity contribution < 1.29 is 4.57 Å². The minimum Gasteiger partial charge on any atom is -0.305 e. The van der Waals surface area contributed by atoms with Crippen LogP contribution in [0.4, 0.5) is 0 Å². The summed E-state index contributed by atoms with van der Waals surface area (Å²) in [6.45, 7) is 0. The molecular formula is C39H26N5OP. The molecule has 3 aromatic heterocycles. The largest absolute Gasteiger partial charge is 0.305 e. The van der Waals surface area contributed by atoms with E-state index < -0.39 is 7.14 Å². The Hall–Kier alpha value is -5.84. The van der Waals surface area contributed by atoms with Gasteiger partial charge in [0.05, 0.1) is 22.1 Å². The first-order valence-electron chi connectivity index (χ1n) is 15.2. The first kappa shape index (κ1) is 26.6. The molecule has 0 N–H and O–H groups in total. The monoisotopic (exact) mass is 611 g/mol. The second-order valence-corrected chi connectivity index (χ2v) is 13.9. The zero-order valence-electron chi connectivity index (χ0n) is 24.6. The molecule has 3 heterocycles. The Morgan fingerprint density at radius 1 is 0.370 bits per heavy atom. The number of nitrogens with zero attached hydrogens (tertiary/aromatic N) is 5. The molecule has 0 aliphatic carbocycles.